The number of ether oxygens (including phenoxy) is 2. The first-order valence-corrected chi connectivity index (χ1v) is 8.92. The minimum Gasteiger partial charge on any atom is -0.508 e. The van der Waals surface area contributed by atoms with Crippen molar-refractivity contribution in [3.8, 4) is 11.5 Å². The van der Waals surface area contributed by atoms with Gasteiger partial charge >= 0.3 is 0 Å². The number of nitrogens with one attached hydrogen (secondary N) is 1. The second-order valence-electron chi connectivity index (χ2n) is 6.67. The average Bonchev–Trinajstić information content (AvgIpc) is 3.27. The van der Waals surface area contributed by atoms with Gasteiger partial charge in [0.1, 0.15) is 36.1 Å². The summed E-state index contributed by atoms with van der Waals surface area (Å²) in [5, 5.41) is 42.4. The Hall–Kier alpha value is -2.99. The second kappa shape index (κ2) is 7.79. The zero-order chi connectivity index (χ0) is 20.5. The van der Waals surface area contributed by atoms with Crippen LogP contribution in [0.1, 0.15) is 11.8 Å². The van der Waals surface area contributed by atoms with Crippen molar-refractivity contribution in [2.75, 3.05) is 19.0 Å². The van der Waals surface area contributed by atoms with Gasteiger partial charge in [-0.2, -0.15) is 0 Å². The van der Waals surface area contributed by atoms with Crippen molar-refractivity contribution in [2.45, 2.75) is 31.1 Å². The normalized spacial score (nSPS) is 24.1. The van der Waals surface area contributed by atoms with Gasteiger partial charge in [-0.05, 0) is 17.7 Å². The zero-order valence-electron chi connectivity index (χ0n) is 15.5. The van der Waals surface area contributed by atoms with Gasteiger partial charge in [0.2, 0.25) is 0 Å². The van der Waals surface area contributed by atoms with Gasteiger partial charge in [0, 0.05) is 12.6 Å². The number of aliphatic hydroxyl groups excluding tert-OH is 3. The number of phenols is 1. The Bertz CT molecular complexity index is 1010. The van der Waals surface area contributed by atoms with Gasteiger partial charge in [0.25, 0.3) is 0 Å². The van der Waals surface area contributed by atoms with E-state index in [0.29, 0.717) is 29.3 Å². The fourth-order valence-corrected chi connectivity index (χ4v) is 3.33. The lowest BCUT2D eigenvalue weighted by Crippen LogP contribution is -2.33. The Morgan fingerprint density at radius 3 is 2.72 bits per heavy atom. The molecule has 11 heteroatoms. The maximum absolute atomic E-state index is 10.3. The van der Waals surface area contributed by atoms with Crippen molar-refractivity contribution in [3.05, 3.63) is 36.4 Å². The highest BCUT2D eigenvalue weighted by atomic mass is 16.6. The van der Waals surface area contributed by atoms with Gasteiger partial charge in [-0.1, -0.05) is 0 Å². The first kappa shape index (κ1) is 19.3. The van der Waals surface area contributed by atoms with E-state index in [1.165, 1.54) is 30.4 Å². The van der Waals surface area contributed by atoms with Crippen LogP contribution in [0.25, 0.3) is 11.2 Å². The number of hydrogen-bond acceptors (Lipinski definition) is 10. The summed E-state index contributed by atoms with van der Waals surface area (Å²) < 4.78 is 12.2. The largest absolute Gasteiger partial charge is 0.508 e. The SMILES string of the molecule is COc1cc(O)cc(CNc2ncnc3c2ncn3[C@@H]2O[C@H](CO)[C@@H](O)[C@@H]2O)c1. The number of aromatic hydroxyl groups is 1. The first-order chi connectivity index (χ1) is 14.0. The molecule has 0 aliphatic carbocycles. The average molecular weight is 403 g/mol. The summed E-state index contributed by atoms with van der Waals surface area (Å²) in [6.07, 6.45) is -1.52. The topological polar surface area (TPSA) is 155 Å². The number of hydrogen-bond donors (Lipinski definition) is 5. The molecule has 0 bridgehead atoms. The summed E-state index contributed by atoms with van der Waals surface area (Å²) in [4.78, 5) is 12.7. The summed E-state index contributed by atoms with van der Waals surface area (Å²) in [5.74, 6) is 1.06. The van der Waals surface area contributed by atoms with E-state index in [9.17, 15) is 20.4 Å². The monoisotopic (exact) mass is 403 g/mol. The molecule has 29 heavy (non-hydrogen) atoms. The molecule has 0 saturated carbocycles. The number of imidazole rings is 1. The van der Waals surface area contributed by atoms with Crippen molar-refractivity contribution < 1.29 is 29.9 Å². The number of fused-ring (bicyclic) bond motifs is 1. The van der Waals surface area contributed by atoms with Crippen LogP contribution in [0.5, 0.6) is 11.5 Å². The Morgan fingerprint density at radius 2 is 2.00 bits per heavy atom. The molecule has 0 amide bonds. The van der Waals surface area contributed by atoms with Gasteiger partial charge in [0.15, 0.2) is 23.2 Å². The first-order valence-electron chi connectivity index (χ1n) is 8.92. The van der Waals surface area contributed by atoms with E-state index in [1.807, 2.05) is 0 Å². The number of aliphatic hydroxyl groups is 3. The molecule has 5 N–H and O–H groups in total. The summed E-state index contributed by atoms with van der Waals surface area (Å²) >= 11 is 0. The van der Waals surface area contributed by atoms with Crippen molar-refractivity contribution in [3.63, 3.8) is 0 Å². The molecule has 1 aliphatic heterocycles. The highest BCUT2D eigenvalue weighted by Gasteiger charge is 2.44. The molecule has 0 spiro atoms. The van der Waals surface area contributed by atoms with Gasteiger partial charge in [-0.25, -0.2) is 15.0 Å². The lowest BCUT2D eigenvalue weighted by Gasteiger charge is -2.16. The zero-order valence-corrected chi connectivity index (χ0v) is 15.5. The second-order valence-corrected chi connectivity index (χ2v) is 6.67. The van der Waals surface area contributed by atoms with Crippen LogP contribution in [-0.2, 0) is 11.3 Å². The summed E-state index contributed by atoms with van der Waals surface area (Å²) in [6, 6.07) is 4.89. The minimum atomic E-state index is -1.24. The van der Waals surface area contributed by atoms with Crippen molar-refractivity contribution in [2.24, 2.45) is 0 Å². The molecule has 2 aromatic heterocycles. The third-order valence-corrected chi connectivity index (χ3v) is 4.80. The Labute approximate surface area is 165 Å². The molecule has 154 valence electrons. The fourth-order valence-electron chi connectivity index (χ4n) is 3.33. The molecule has 4 rings (SSSR count). The number of benzene rings is 1. The van der Waals surface area contributed by atoms with Crippen molar-refractivity contribution in [1.82, 2.24) is 19.5 Å². The maximum atomic E-state index is 10.3. The summed E-state index contributed by atoms with van der Waals surface area (Å²) in [5.41, 5.74) is 1.61. The van der Waals surface area contributed by atoms with Gasteiger partial charge < -0.3 is 35.2 Å². The van der Waals surface area contributed by atoms with Gasteiger partial charge in [-0.15, -0.1) is 0 Å². The van der Waals surface area contributed by atoms with Crippen LogP contribution in [0.15, 0.2) is 30.9 Å². The minimum absolute atomic E-state index is 0.0858. The van der Waals surface area contributed by atoms with E-state index in [-0.39, 0.29) is 5.75 Å². The highest BCUT2D eigenvalue weighted by molar-refractivity contribution is 5.82. The molecule has 4 atom stereocenters. The Kier molecular flexibility index (Phi) is 5.20. The van der Waals surface area contributed by atoms with E-state index < -0.39 is 31.1 Å². The van der Waals surface area contributed by atoms with E-state index in [0.717, 1.165) is 5.56 Å². The molecule has 3 heterocycles. The lowest BCUT2D eigenvalue weighted by atomic mass is 10.1. The Morgan fingerprint density at radius 1 is 1.17 bits per heavy atom. The van der Waals surface area contributed by atoms with Crippen LogP contribution < -0.4 is 10.1 Å². The van der Waals surface area contributed by atoms with E-state index in [1.54, 1.807) is 12.1 Å². The van der Waals surface area contributed by atoms with Crippen LogP contribution in [0.3, 0.4) is 0 Å². The summed E-state index contributed by atoms with van der Waals surface area (Å²) in [7, 11) is 1.52. The number of methoxy groups -OCH3 is 1. The third-order valence-electron chi connectivity index (χ3n) is 4.80. The standard InChI is InChI=1S/C18H21N5O6/c1-28-11-3-9(2-10(25)4-11)5-19-16-13-17(21-7-20-16)23(8-22-13)18-15(27)14(26)12(6-24)29-18/h2-4,7-8,12,14-15,18,24-27H,5-6H2,1H3,(H,19,20,21)/t12-,14-,15+,18-/m1/s1. The number of anilines is 1. The van der Waals surface area contributed by atoms with Crippen molar-refractivity contribution >= 4 is 17.0 Å². The van der Waals surface area contributed by atoms with Crippen LogP contribution in [0.2, 0.25) is 0 Å². The molecule has 11 nitrogen and oxygen atoms in total. The molecule has 1 aliphatic rings. The van der Waals surface area contributed by atoms with Crippen LogP contribution in [0, 0.1) is 0 Å². The van der Waals surface area contributed by atoms with Crippen LogP contribution in [0.4, 0.5) is 5.82 Å². The van der Waals surface area contributed by atoms with E-state index in [2.05, 4.69) is 20.3 Å². The maximum Gasteiger partial charge on any atom is 0.167 e. The quantitative estimate of drug-likeness (QED) is 0.372. The molecule has 1 saturated heterocycles. The van der Waals surface area contributed by atoms with E-state index in [4.69, 9.17) is 9.47 Å². The molecule has 0 unspecified atom stereocenters. The van der Waals surface area contributed by atoms with Crippen LogP contribution in [-0.4, -0.2) is 72.0 Å². The number of phenolic OH excluding ortho intramolecular Hbond substituents is 1. The highest BCUT2D eigenvalue weighted by Crippen LogP contribution is 2.32. The Balaban J connectivity index is 1.59. The predicted octanol–water partition coefficient (Wildman–Crippen LogP) is -0.236. The lowest BCUT2D eigenvalue weighted by molar-refractivity contribution is -0.0511. The molecular formula is C18H21N5O6. The third kappa shape index (κ3) is 3.56. The number of aromatic nitrogens is 4. The molecular weight excluding hydrogens is 382 g/mol. The fraction of sp³-hybridized carbons (Fsp3) is 0.389. The smallest absolute Gasteiger partial charge is 0.167 e. The number of rotatable bonds is 6. The molecule has 1 fully saturated rings. The summed E-state index contributed by atoms with van der Waals surface area (Å²) in [6.45, 7) is -0.0753. The molecule has 3 aromatic rings. The predicted molar refractivity (Wildman–Crippen MR) is 100 cm³/mol. The van der Waals surface area contributed by atoms with Crippen molar-refractivity contribution in [1.29, 1.82) is 0 Å². The molecule has 1 aromatic carbocycles. The van der Waals surface area contributed by atoms with Crippen LogP contribution >= 0.6 is 0 Å². The number of nitrogens with zero attached hydrogens (tertiary/aromatic N) is 4. The van der Waals surface area contributed by atoms with Gasteiger partial charge in [0.05, 0.1) is 20.0 Å². The van der Waals surface area contributed by atoms with Gasteiger partial charge in [-0.3, -0.25) is 4.57 Å². The van der Waals surface area contributed by atoms with E-state index >= 15 is 0 Å². The molecule has 0 radical (unpaired) electrons.